The molecule has 1 rings (SSSR count). The Hall–Kier alpha value is -1.46. The standard InChI is InChI=1S/C12H16NO5P/c1-2-9-5-8(6-11(13)12(14)15)3-4-10(9)7-19(16,17)18/h2-5,11H,1,6-7,13H2,(H,14,15)(H2,16,17,18). The van der Waals surface area contributed by atoms with Crippen LogP contribution in [-0.4, -0.2) is 26.9 Å². The number of aliphatic carboxylic acids is 1. The minimum atomic E-state index is -4.15. The SMILES string of the molecule is C=Cc1cc(CC(N)C(=O)O)ccc1CP(=O)(O)O. The summed E-state index contributed by atoms with van der Waals surface area (Å²) in [5, 5.41) is 8.73. The van der Waals surface area contributed by atoms with Gasteiger partial charge in [0.25, 0.3) is 0 Å². The number of carbonyl (C=O) groups is 1. The van der Waals surface area contributed by atoms with Crippen LogP contribution in [0.1, 0.15) is 16.7 Å². The fourth-order valence-electron chi connectivity index (χ4n) is 1.67. The van der Waals surface area contributed by atoms with Crippen molar-refractivity contribution in [3.05, 3.63) is 41.5 Å². The van der Waals surface area contributed by atoms with Gasteiger partial charge in [0.1, 0.15) is 6.04 Å². The molecule has 7 heteroatoms. The highest BCUT2D eigenvalue weighted by Gasteiger charge is 2.17. The summed E-state index contributed by atoms with van der Waals surface area (Å²) in [6, 6.07) is 3.80. The molecule has 1 aromatic rings. The van der Waals surface area contributed by atoms with Gasteiger partial charge in [-0.3, -0.25) is 9.36 Å². The summed E-state index contributed by atoms with van der Waals surface area (Å²) in [6.45, 7) is 3.58. The van der Waals surface area contributed by atoms with E-state index in [1.807, 2.05) is 0 Å². The van der Waals surface area contributed by atoms with Crippen LogP contribution in [0.15, 0.2) is 24.8 Å². The lowest BCUT2D eigenvalue weighted by atomic mass is 10.0. The molecule has 0 amide bonds. The smallest absolute Gasteiger partial charge is 0.329 e. The number of hydrogen-bond acceptors (Lipinski definition) is 3. The van der Waals surface area contributed by atoms with Crippen molar-refractivity contribution in [3.63, 3.8) is 0 Å². The van der Waals surface area contributed by atoms with E-state index < -0.39 is 19.6 Å². The fraction of sp³-hybridized carbons (Fsp3) is 0.250. The van der Waals surface area contributed by atoms with Crippen LogP contribution in [0.25, 0.3) is 6.08 Å². The maximum absolute atomic E-state index is 11.0. The molecule has 6 nitrogen and oxygen atoms in total. The van der Waals surface area contributed by atoms with Gasteiger partial charge in [0, 0.05) is 0 Å². The second-order valence-corrected chi connectivity index (χ2v) is 5.85. The Morgan fingerprint density at radius 1 is 1.47 bits per heavy atom. The van der Waals surface area contributed by atoms with Gasteiger partial charge in [0.2, 0.25) is 0 Å². The van der Waals surface area contributed by atoms with Crippen LogP contribution < -0.4 is 5.73 Å². The van der Waals surface area contributed by atoms with Crippen LogP contribution in [-0.2, 0) is 21.9 Å². The summed E-state index contributed by atoms with van der Waals surface area (Å²) < 4.78 is 11.0. The molecule has 0 aromatic heterocycles. The number of hydrogen-bond donors (Lipinski definition) is 4. The summed E-state index contributed by atoms with van der Waals surface area (Å²) >= 11 is 0. The number of benzene rings is 1. The van der Waals surface area contributed by atoms with Crippen LogP contribution >= 0.6 is 7.60 Å². The van der Waals surface area contributed by atoms with Crippen LogP contribution in [0.2, 0.25) is 0 Å². The van der Waals surface area contributed by atoms with Gasteiger partial charge in [-0.05, 0) is 23.1 Å². The summed E-state index contributed by atoms with van der Waals surface area (Å²) in [7, 11) is -4.15. The van der Waals surface area contributed by atoms with Crippen molar-refractivity contribution in [3.8, 4) is 0 Å². The van der Waals surface area contributed by atoms with Gasteiger partial charge in [-0.2, -0.15) is 0 Å². The van der Waals surface area contributed by atoms with Crippen LogP contribution in [0.5, 0.6) is 0 Å². The molecule has 104 valence electrons. The van der Waals surface area contributed by atoms with Gasteiger partial charge in [0.05, 0.1) is 6.16 Å². The largest absolute Gasteiger partial charge is 0.480 e. The molecule has 1 unspecified atom stereocenters. The summed E-state index contributed by atoms with van der Waals surface area (Å²) in [4.78, 5) is 28.6. The molecule has 0 aliphatic rings. The zero-order valence-corrected chi connectivity index (χ0v) is 11.1. The summed E-state index contributed by atoms with van der Waals surface area (Å²) in [6.07, 6.45) is 1.24. The molecule has 1 aromatic carbocycles. The molecule has 5 N–H and O–H groups in total. The maximum atomic E-state index is 11.0. The molecule has 0 saturated carbocycles. The molecule has 0 saturated heterocycles. The highest BCUT2D eigenvalue weighted by molar-refractivity contribution is 7.50. The highest BCUT2D eigenvalue weighted by atomic mass is 31.2. The van der Waals surface area contributed by atoms with Crippen molar-refractivity contribution < 1.29 is 24.3 Å². The lowest BCUT2D eigenvalue weighted by Gasteiger charge is -2.11. The van der Waals surface area contributed by atoms with Crippen molar-refractivity contribution in [2.75, 3.05) is 0 Å². The molecule has 0 aliphatic carbocycles. The predicted octanol–water partition coefficient (Wildman–Crippen LogP) is 0.962. The minimum Gasteiger partial charge on any atom is -0.480 e. The van der Waals surface area contributed by atoms with Gasteiger partial charge in [0.15, 0.2) is 0 Å². The Morgan fingerprint density at radius 2 is 2.11 bits per heavy atom. The second-order valence-electron chi connectivity index (χ2n) is 4.21. The fourth-order valence-corrected chi connectivity index (χ4v) is 2.40. The molecular formula is C12H16NO5P. The quantitative estimate of drug-likeness (QED) is 0.578. The number of rotatable bonds is 6. The van der Waals surface area contributed by atoms with E-state index in [2.05, 4.69) is 6.58 Å². The number of nitrogens with two attached hydrogens (primary N) is 1. The van der Waals surface area contributed by atoms with Crippen LogP contribution in [0.3, 0.4) is 0 Å². The third-order valence-electron chi connectivity index (χ3n) is 2.58. The Bertz CT molecular complexity index is 537. The molecule has 0 bridgehead atoms. The zero-order valence-electron chi connectivity index (χ0n) is 10.2. The van der Waals surface area contributed by atoms with E-state index in [4.69, 9.17) is 20.6 Å². The molecule has 19 heavy (non-hydrogen) atoms. The number of carboxylic acids is 1. The lowest BCUT2D eigenvalue weighted by molar-refractivity contribution is -0.138. The summed E-state index contributed by atoms with van der Waals surface area (Å²) in [5.74, 6) is -1.10. The van der Waals surface area contributed by atoms with Gasteiger partial charge < -0.3 is 20.6 Å². The van der Waals surface area contributed by atoms with Gasteiger partial charge in [-0.15, -0.1) is 0 Å². The van der Waals surface area contributed by atoms with Crippen LogP contribution in [0.4, 0.5) is 0 Å². The lowest BCUT2D eigenvalue weighted by Crippen LogP contribution is -2.32. The Labute approximate surface area is 110 Å². The minimum absolute atomic E-state index is 0.145. The van der Waals surface area contributed by atoms with Crippen molar-refractivity contribution in [2.24, 2.45) is 5.73 Å². The average molecular weight is 285 g/mol. The van der Waals surface area contributed by atoms with E-state index in [1.54, 1.807) is 18.2 Å². The third kappa shape index (κ3) is 4.96. The first-order valence-electron chi connectivity index (χ1n) is 5.50. The van der Waals surface area contributed by atoms with E-state index in [9.17, 15) is 9.36 Å². The average Bonchev–Trinajstić information content (AvgIpc) is 2.29. The molecule has 0 aliphatic heterocycles. The Balaban J connectivity index is 2.99. The first-order valence-corrected chi connectivity index (χ1v) is 7.30. The van der Waals surface area contributed by atoms with Crippen molar-refractivity contribution in [1.82, 2.24) is 0 Å². The second kappa shape index (κ2) is 6.12. The topological polar surface area (TPSA) is 121 Å². The van der Waals surface area contributed by atoms with E-state index >= 15 is 0 Å². The maximum Gasteiger partial charge on any atom is 0.329 e. The highest BCUT2D eigenvalue weighted by Crippen LogP contribution is 2.40. The third-order valence-corrected chi connectivity index (χ3v) is 3.33. The van der Waals surface area contributed by atoms with E-state index in [0.29, 0.717) is 16.7 Å². The van der Waals surface area contributed by atoms with Gasteiger partial charge in [-0.25, -0.2) is 0 Å². The predicted molar refractivity (Wildman–Crippen MR) is 71.6 cm³/mol. The van der Waals surface area contributed by atoms with Gasteiger partial charge in [-0.1, -0.05) is 30.9 Å². The van der Waals surface area contributed by atoms with Gasteiger partial charge >= 0.3 is 13.6 Å². The van der Waals surface area contributed by atoms with E-state index in [0.717, 1.165) is 0 Å². The first-order chi connectivity index (χ1) is 8.73. The Kier molecular flexibility index (Phi) is 5.03. The zero-order chi connectivity index (χ0) is 14.6. The van der Waals surface area contributed by atoms with E-state index in [1.165, 1.54) is 6.08 Å². The molecule has 0 spiro atoms. The van der Waals surface area contributed by atoms with E-state index in [-0.39, 0.29) is 12.6 Å². The van der Waals surface area contributed by atoms with Crippen molar-refractivity contribution >= 4 is 19.6 Å². The molecule has 0 heterocycles. The van der Waals surface area contributed by atoms with Crippen molar-refractivity contribution in [2.45, 2.75) is 18.6 Å². The van der Waals surface area contributed by atoms with Crippen LogP contribution in [0, 0.1) is 0 Å². The normalized spacial score (nSPS) is 13.0. The first kappa shape index (κ1) is 15.6. The van der Waals surface area contributed by atoms with Crippen molar-refractivity contribution in [1.29, 1.82) is 0 Å². The monoisotopic (exact) mass is 285 g/mol. The summed E-state index contributed by atoms with van der Waals surface area (Å²) in [5.41, 5.74) is 7.15. The molecular weight excluding hydrogens is 269 g/mol. The molecule has 1 atom stereocenters. The molecule has 0 fully saturated rings. The Morgan fingerprint density at radius 3 is 2.58 bits per heavy atom. The number of carboxylic acid groups (broad SMARTS) is 1. The molecule has 0 radical (unpaired) electrons.